The van der Waals surface area contributed by atoms with Gasteiger partial charge in [0, 0.05) is 62.9 Å². The highest BCUT2D eigenvalue weighted by molar-refractivity contribution is 5.85. The molecule has 1 aliphatic heterocycles. The van der Waals surface area contributed by atoms with Crippen molar-refractivity contribution >= 4 is 28.3 Å². The molecule has 1 aliphatic rings. The second-order valence-corrected chi connectivity index (χ2v) is 8.68. The quantitative estimate of drug-likeness (QED) is 0.452. The normalized spacial score (nSPS) is 14.3. The summed E-state index contributed by atoms with van der Waals surface area (Å²) in [7, 11) is 0. The Bertz CT molecular complexity index is 1480. The van der Waals surface area contributed by atoms with E-state index < -0.39 is 0 Å². The molecule has 2 aromatic carbocycles. The molecule has 0 atom stereocenters. The Morgan fingerprint density at radius 1 is 1.06 bits per heavy atom. The van der Waals surface area contributed by atoms with Crippen LogP contribution in [0.3, 0.4) is 0 Å². The van der Waals surface area contributed by atoms with E-state index in [9.17, 15) is 4.79 Å². The van der Waals surface area contributed by atoms with Crippen LogP contribution in [0.4, 0.5) is 5.82 Å². The van der Waals surface area contributed by atoms with E-state index in [1.54, 1.807) is 6.92 Å². The highest BCUT2D eigenvalue weighted by Crippen LogP contribution is 2.32. The summed E-state index contributed by atoms with van der Waals surface area (Å²) in [6, 6.07) is 16.7. The molecule has 8 nitrogen and oxygen atoms in total. The lowest BCUT2D eigenvalue weighted by molar-refractivity contribution is -0.129. The molecule has 1 amide bonds. The van der Waals surface area contributed by atoms with E-state index in [0.29, 0.717) is 13.1 Å². The van der Waals surface area contributed by atoms with Gasteiger partial charge in [-0.15, -0.1) is 0 Å². The van der Waals surface area contributed by atoms with Gasteiger partial charge in [-0.25, -0.2) is 9.97 Å². The third-order valence-electron chi connectivity index (χ3n) is 6.55. The average Bonchev–Trinajstić information content (AvgIpc) is 3.48. The summed E-state index contributed by atoms with van der Waals surface area (Å²) in [5.41, 5.74) is 6.21. The van der Waals surface area contributed by atoms with Gasteiger partial charge < -0.3 is 9.80 Å². The minimum Gasteiger partial charge on any atom is -0.350 e. The number of H-pyrrole nitrogens is 1. The van der Waals surface area contributed by atoms with Crippen molar-refractivity contribution in [2.45, 2.75) is 13.3 Å². The molecule has 1 saturated heterocycles. The number of amides is 1. The minimum absolute atomic E-state index is 0.119. The van der Waals surface area contributed by atoms with E-state index in [1.165, 1.54) is 5.56 Å². The Balaban J connectivity index is 1.48. The number of hydrogen-bond acceptors (Lipinski definition) is 5. The van der Waals surface area contributed by atoms with E-state index >= 15 is 0 Å². The standard InChI is InChI=1S/C26H25N7O/c1-18(34)31-11-13-32(14-12-31)25-26-29-23(15-19-5-3-2-4-6-19)24(33(26)10-9-27-25)20-7-8-22-21(16-20)17-28-30-22/h2-10,16-17H,11-15H2,1H3,(H,28,30). The summed E-state index contributed by atoms with van der Waals surface area (Å²) in [6.07, 6.45) is 6.40. The van der Waals surface area contributed by atoms with Gasteiger partial charge in [-0.1, -0.05) is 36.4 Å². The maximum atomic E-state index is 11.8. The molecule has 34 heavy (non-hydrogen) atoms. The second kappa shape index (κ2) is 8.30. The Morgan fingerprint density at radius 3 is 2.68 bits per heavy atom. The van der Waals surface area contributed by atoms with Gasteiger partial charge in [0.1, 0.15) is 0 Å². The third-order valence-corrected chi connectivity index (χ3v) is 6.55. The maximum Gasteiger partial charge on any atom is 0.219 e. The molecule has 1 fully saturated rings. The lowest BCUT2D eigenvalue weighted by atomic mass is 10.0. The number of aromatic amines is 1. The van der Waals surface area contributed by atoms with Crippen molar-refractivity contribution in [3.63, 3.8) is 0 Å². The van der Waals surface area contributed by atoms with Crippen LogP contribution >= 0.6 is 0 Å². The van der Waals surface area contributed by atoms with Gasteiger partial charge in [0.2, 0.25) is 5.91 Å². The van der Waals surface area contributed by atoms with Gasteiger partial charge in [0.25, 0.3) is 0 Å². The van der Waals surface area contributed by atoms with Crippen LogP contribution in [0.1, 0.15) is 18.2 Å². The molecule has 0 unspecified atom stereocenters. The molecule has 0 bridgehead atoms. The molecule has 0 radical (unpaired) electrons. The SMILES string of the molecule is CC(=O)N1CCN(c2nccn3c(-c4ccc5[nH]ncc5c4)c(Cc4ccccc4)nc23)CC1. The highest BCUT2D eigenvalue weighted by atomic mass is 16.2. The number of fused-ring (bicyclic) bond motifs is 2. The second-order valence-electron chi connectivity index (χ2n) is 8.68. The Hall–Kier alpha value is -4.20. The van der Waals surface area contributed by atoms with E-state index in [-0.39, 0.29) is 5.91 Å². The first kappa shape index (κ1) is 20.4. The molecule has 5 aromatic rings. The summed E-state index contributed by atoms with van der Waals surface area (Å²) in [5, 5.41) is 8.27. The topological polar surface area (TPSA) is 82.4 Å². The average molecular weight is 452 g/mol. The zero-order chi connectivity index (χ0) is 23.1. The lowest BCUT2D eigenvalue weighted by Gasteiger charge is -2.34. The van der Waals surface area contributed by atoms with Crippen LogP contribution in [-0.2, 0) is 11.2 Å². The number of rotatable bonds is 4. The Morgan fingerprint density at radius 2 is 1.88 bits per heavy atom. The van der Waals surface area contributed by atoms with Crippen LogP contribution in [0.25, 0.3) is 27.8 Å². The molecule has 3 aromatic heterocycles. The van der Waals surface area contributed by atoms with Gasteiger partial charge >= 0.3 is 0 Å². The molecule has 170 valence electrons. The van der Waals surface area contributed by atoms with Crippen LogP contribution in [0.2, 0.25) is 0 Å². The summed E-state index contributed by atoms with van der Waals surface area (Å²) in [5.74, 6) is 0.976. The minimum atomic E-state index is 0.119. The molecular formula is C26H25N7O. The van der Waals surface area contributed by atoms with Crippen molar-refractivity contribution in [1.29, 1.82) is 0 Å². The summed E-state index contributed by atoms with van der Waals surface area (Å²) in [4.78, 5) is 25.7. The van der Waals surface area contributed by atoms with E-state index in [4.69, 9.17) is 9.97 Å². The first-order valence-corrected chi connectivity index (χ1v) is 11.5. The Labute approximate surface area is 196 Å². The number of aromatic nitrogens is 5. The number of benzene rings is 2. The van der Waals surface area contributed by atoms with Crippen LogP contribution in [-0.4, -0.2) is 61.6 Å². The zero-order valence-corrected chi connectivity index (χ0v) is 19.0. The van der Waals surface area contributed by atoms with Crippen LogP contribution in [0.15, 0.2) is 67.1 Å². The van der Waals surface area contributed by atoms with Crippen LogP contribution < -0.4 is 4.90 Å². The van der Waals surface area contributed by atoms with Crippen molar-refractivity contribution in [2.24, 2.45) is 0 Å². The third kappa shape index (κ3) is 3.57. The smallest absolute Gasteiger partial charge is 0.219 e. The molecule has 0 saturated carbocycles. The number of imidazole rings is 1. The summed E-state index contributed by atoms with van der Waals surface area (Å²) >= 11 is 0. The predicted molar refractivity (Wildman–Crippen MR) is 132 cm³/mol. The number of carbonyl (C=O) groups is 1. The van der Waals surface area contributed by atoms with Gasteiger partial charge in [0.15, 0.2) is 11.5 Å². The molecular weight excluding hydrogens is 426 g/mol. The predicted octanol–water partition coefficient (Wildman–Crippen LogP) is 3.53. The molecule has 0 aliphatic carbocycles. The lowest BCUT2D eigenvalue weighted by Crippen LogP contribution is -2.48. The number of nitrogens with zero attached hydrogens (tertiary/aromatic N) is 6. The fourth-order valence-electron chi connectivity index (χ4n) is 4.78. The van der Waals surface area contributed by atoms with E-state index in [0.717, 1.165) is 58.8 Å². The first-order valence-electron chi connectivity index (χ1n) is 11.5. The van der Waals surface area contributed by atoms with Crippen molar-refractivity contribution in [2.75, 3.05) is 31.1 Å². The van der Waals surface area contributed by atoms with Crippen LogP contribution in [0.5, 0.6) is 0 Å². The Kier molecular flexibility index (Phi) is 4.98. The zero-order valence-electron chi connectivity index (χ0n) is 19.0. The summed E-state index contributed by atoms with van der Waals surface area (Å²) in [6.45, 7) is 4.49. The highest BCUT2D eigenvalue weighted by Gasteiger charge is 2.24. The van der Waals surface area contributed by atoms with Gasteiger partial charge in [-0.3, -0.25) is 14.3 Å². The van der Waals surface area contributed by atoms with Crippen molar-refractivity contribution < 1.29 is 4.79 Å². The summed E-state index contributed by atoms with van der Waals surface area (Å²) < 4.78 is 2.15. The molecule has 0 spiro atoms. The number of hydrogen-bond donors (Lipinski definition) is 1. The molecule has 8 heteroatoms. The van der Waals surface area contributed by atoms with Crippen LogP contribution in [0, 0.1) is 0 Å². The van der Waals surface area contributed by atoms with E-state index in [2.05, 4.69) is 62.0 Å². The fraction of sp³-hybridized carbons (Fsp3) is 0.231. The number of anilines is 1. The molecule has 4 heterocycles. The van der Waals surface area contributed by atoms with Gasteiger partial charge in [-0.2, -0.15) is 5.10 Å². The van der Waals surface area contributed by atoms with Crippen molar-refractivity contribution in [1.82, 2.24) is 29.5 Å². The maximum absolute atomic E-state index is 11.8. The monoisotopic (exact) mass is 451 g/mol. The molecule has 1 N–H and O–H groups in total. The van der Waals surface area contributed by atoms with Gasteiger partial charge in [0.05, 0.1) is 23.1 Å². The van der Waals surface area contributed by atoms with Gasteiger partial charge in [-0.05, 0) is 17.7 Å². The number of carbonyl (C=O) groups excluding carboxylic acids is 1. The fourth-order valence-corrected chi connectivity index (χ4v) is 4.78. The number of nitrogens with one attached hydrogen (secondary N) is 1. The van der Waals surface area contributed by atoms with Crippen molar-refractivity contribution in [3.05, 3.63) is 78.4 Å². The largest absolute Gasteiger partial charge is 0.350 e. The number of piperazine rings is 1. The van der Waals surface area contributed by atoms with E-state index in [1.807, 2.05) is 29.6 Å². The van der Waals surface area contributed by atoms with Crippen molar-refractivity contribution in [3.8, 4) is 11.3 Å². The molecule has 6 rings (SSSR count). The first-order chi connectivity index (χ1) is 16.7.